The van der Waals surface area contributed by atoms with Gasteiger partial charge in [0.25, 0.3) is 0 Å². The third kappa shape index (κ3) is 3.66. The normalized spacial score (nSPS) is 22.8. The van der Waals surface area contributed by atoms with Gasteiger partial charge in [0.1, 0.15) is 6.61 Å². The molecule has 2 atom stereocenters. The van der Waals surface area contributed by atoms with Crippen LogP contribution in [-0.4, -0.2) is 45.2 Å². The zero-order valence-corrected chi connectivity index (χ0v) is 21.2. The van der Waals surface area contributed by atoms with E-state index >= 15 is 0 Å². The van der Waals surface area contributed by atoms with Crippen molar-refractivity contribution in [3.8, 4) is 11.1 Å². The average molecular weight is 484 g/mol. The number of amides is 1. The van der Waals surface area contributed by atoms with Crippen LogP contribution in [0, 0.1) is 19.8 Å². The molecule has 186 valence electrons. The van der Waals surface area contributed by atoms with Crippen LogP contribution in [0.5, 0.6) is 0 Å². The van der Waals surface area contributed by atoms with Crippen molar-refractivity contribution in [1.82, 2.24) is 14.7 Å². The number of aryl methyl sites for hydroxylation is 2. The van der Waals surface area contributed by atoms with Gasteiger partial charge in [0.05, 0.1) is 11.3 Å². The number of hydrogen-bond acceptors (Lipinski definition) is 4. The molecule has 2 aromatic carbocycles. The van der Waals surface area contributed by atoms with Gasteiger partial charge >= 0.3 is 6.09 Å². The van der Waals surface area contributed by atoms with Crippen LogP contribution < -0.4 is 0 Å². The lowest BCUT2D eigenvalue weighted by molar-refractivity contribution is 0.00647. The lowest BCUT2D eigenvalue weighted by atomic mass is 9.75. The number of nitrogens with zero attached hydrogens (tertiary/aromatic N) is 3. The van der Waals surface area contributed by atoms with Crippen LogP contribution in [0.4, 0.5) is 4.79 Å². The molecule has 1 aromatic heterocycles. The minimum absolute atomic E-state index is 0.0526. The molecule has 3 heterocycles. The largest absolute Gasteiger partial charge is 0.448 e. The highest BCUT2D eigenvalue weighted by Gasteiger charge is 2.44. The molecule has 0 N–H and O–H groups in total. The van der Waals surface area contributed by atoms with Crippen LogP contribution in [0.3, 0.4) is 0 Å². The van der Waals surface area contributed by atoms with E-state index in [1.165, 1.54) is 22.3 Å². The number of rotatable bonds is 4. The van der Waals surface area contributed by atoms with Crippen molar-refractivity contribution in [1.29, 1.82) is 0 Å². The molecule has 1 amide bonds. The second-order valence-electron chi connectivity index (χ2n) is 10.7. The summed E-state index contributed by atoms with van der Waals surface area (Å²) in [6.07, 6.45) is 4.12. The number of piperidine rings is 2. The van der Waals surface area contributed by atoms with Gasteiger partial charge in [-0.3, -0.25) is 9.48 Å². The monoisotopic (exact) mass is 483 g/mol. The van der Waals surface area contributed by atoms with Crippen LogP contribution in [-0.2, 0) is 11.8 Å². The zero-order chi connectivity index (χ0) is 25.0. The first-order valence-corrected chi connectivity index (χ1v) is 13.1. The average Bonchev–Trinajstić information content (AvgIpc) is 3.33. The van der Waals surface area contributed by atoms with Crippen LogP contribution in [0.1, 0.15) is 70.9 Å². The fourth-order valence-corrected chi connectivity index (χ4v) is 6.90. The molecule has 3 aliphatic rings. The summed E-state index contributed by atoms with van der Waals surface area (Å²) >= 11 is 0. The summed E-state index contributed by atoms with van der Waals surface area (Å²) in [6, 6.07) is 16.9. The number of hydrogen-bond donors (Lipinski definition) is 0. The summed E-state index contributed by atoms with van der Waals surface area (Å²) in [6.45, 7) is 4.20. The van der Waals surface area contributed by atoms with Gasteiger partial charge in [-0.1, -0.05) is 48.5 Å². The Bertz CT molecular complexity index is 1280. The molecule has 1 aliphatic carbocycles. The number of fused-ring (bicyclic) bond motifs is 5. The summed E-state index contributed by atoms with van der Waals surface area (Å²) in [5.74, 6) is 0.165. The Hall–Kier alpha value is -3.41. The van der Waals surface area contributed by atoms with E-state index in [4.69, 9.17) is 4.74 Å². The first-order valence-electron chi connectivity index (χ1n) is 13.1. The van der Waals surface area contributed by atoms with E-state index in [1.807, 2.05) is 25.8 Å². The van der Waals surface area contributed by atoms with Gasteiger partial charge < -0.3 is 9.64 Å². The minimum atomic E-state index is -0.230. The van der Waals surface area contributed by atoms with Crippen LogP contribution in [0.25, 0.3) is 11.1 Å². The van der Waals surface area contributed by atoms with Gasteiger partial charge in [0, 0.05) is 36.7 Å². The van der Waals surface area contributed by atoms with Crippen LogP contribution in [0.2, 0.25) is 0 Å². The highest BCUT2D eigenvalue weighted by Crippen LogP contribution is 2.45. The number of carbonyl (C=O) groups is 2. The van der Waals surface area contributed by atoms with Gasteiger partial charge in [-0.25, -0.2) is 4.79 Å². The van der Waals surface area contributed by atoms with Gasteiger partial charge in [0.15, 0.2) is 5.78 Å². The quantitative estimate of drug-likeness (QED) is 0.440. The summed E-state index contributed by atoms with van der Waals surface area (Å²) in [4.78, 5) is 28.9. The molecule has 2 saturated heterocycles. The van der Waals surface area contributed by atoms with Gasteiger partial charge in [0.2, 0.25) is 0 Å². The Morgan fingerprint density at radius 1 is 0.944 bits per heavy atom. The van der Waals surface area contributed by atoms with E-state index in [2.05, 4.69) is 53.6 Å². The molecule has 6 rings (SSSR count). The molecule has 2 bridgehead atoms. The second-order valence-corrected chi connectivity index (χ2v) is 10.7. The highest BCUT2D eigenvalue weighted by atomic mass is 16.6. The molecular formula is C30H33N3O3. The summed E-state index contributed by atoms with van der Waals surface area (Å²) in [5.41, 5.74) is 7.37. The van der Waals surface area contributed by atoms with Crippen molar-refractivity contribution < 1.29 is 14.3 Å². The first kappa shape index (κ1) is 23.0. The fourth-order valence-electron chi connectivity index (χ4n) is 6.90. The predicted molar refractivity (Wildman–Crippen MR) is 138 cm³/mol. The number of carbonyl (C=O) groups excluding carboxylic acids is 2. The topological polar surface area (TPSA) is 64.4 Å². The summed E-state index contributed by atoms with van der Waals surface area (Å²) in [7, 11) is 1.88. The molecule has 2 unspecified atom stereocenters. The highest BCUT2D eigenvalue weighted by molar-refractivity contribution is 6.00. The van der Waals surface area contributed by atoms with Gasteiger partial charge in [-0.05, 0) is 68.2 Å². The Balaban J connectivity index is 1.18. The molecule has 2 fully saturated rings. The summed E-state index contributed by atoms with van der Waals surface area (Å²) in [5, 5.41) is 4.45. The maximum Gasteiger partial charge on any atom is 0.410 e. The van der Waals surface area contributed by atoms with Crippen molar-refractivity contribution in [2.45, 2.75) is 64.0 Å². The van der Waals surface area contributed by atoms with E-state index < -0.39 is 0 Å². The lowest BCUT2D eigenvalue weighted by Gasteiger charge is -2.47. The molecular weight excluding hydrogens is 450 g/mol. The first-order chi connectivity index (χ1) is 17.4. The van der Waals surface area contributed by atoms with Crippen molar-refractivity contribution in [2.24, 2.45) is 13.0 Å². The molecule has 0 saturated carbocycles. The van der Waals surface area contributed by atoms with Crippen molar-refractivity contribution >= 4 is 11.9 Å². The van der Waals surface area contributed by atoms with E-state index in [0.717, 1.165) is 36.2 Å². The predicted octanol–water partition coefficient (Wildman–Crippen LogP) is 5.80. The standard InChI is InChI=1S/C30H33N3O3/c1-18-28(19(2)32(3)31-18)29(34)20-15-21-9-8-10-22(16-20)33(21)30(35)36-17-27-25-13-6-4-11-23(25)24-12-5-7-14-26(24)27/h4-7,11-14,20-22,27H,8-10,15-17H2,1-3H3. The molecule has 6 nitrogen and oxygen atoms in total. The maximum atomic E-state index is 13.5. The van der Waals surface area contributed by atoms with Crippen molar-refractivity contribution in [3.63, 3.8) is 0 Å². The number of Topliss-reactive ketones (excluding diaryl/α,β-unsaturated/α-hetero) is 1. The van der Waals surface area contributed by atoms with E-state index in [0.29, 0.717) is 19.4 Å². The zero-order valence-electron chi connectivity index (χ0n) is 21.2. The van der Waals surface area contributed by atoms with Crippen molar-refractivity contribution in [2.75, 3.05) is 6.61 Å². The Kier molecular flexibility index (Phi) is 5.70. The van der Waals surface area contributed by atoms with Crippen LogP contribution >= 0.6 is 0 Å². The molecule has 36 heavy (non-hydrogen) atoms. The number of aromatic nitrogens is 2. The van der Waals surface area contributed by atoms with E-state index in [1.54, 1.807) is 4.68 Å². The third-order valence-corrected chi connectivity index (χ3v) is 8.65. The molecule has 0 radical (unpaired) electrons. The molecule has 6 heteroatoms. The SMILES string of the molecule is Cc1nn(C)c(C)c1C(=O)C1CC2CCCC(C1)N2C(=O)OCC1c2ccccc2-c2ccccc21. The Morgan fingerprint density at radius 2 is 1.53 bits per heavy atom. The maximum absolute atomic E-state index is 13.5. The number of benzene rings is 2. The molecule has 3 aromatic rings. The number of ether oxygens (including phenoxy) is 1. The molecule has 2 aliphatic heterocycles. The minimum Gasteiger partial charge on any atom is -0.448 e. The third-order valence-electron chi connectivity index (χ3n) is 8.65. The Morgan fingerprint density at radius 3 is 2.08 bits per heavy atom. The van der Waals surface area contributed by atoms with Crippen molar-refractivity contribution in [3.05, 3.63) is 76.6 Å². The Labute approximate surface area is 212 Å². The van der Waals surface area contributed by atoms with Gasteiger partial charge in [-0.2, -0.15) is 5.10 Å². The van der Waals surface area contributed by atoms with Crippen LogP contribution in [0.15, 0.2) is 48.5 Å². The smallest absolute Gasteiger partial charge is 0.410 e. The van der Waals surface area contributed by atoms with E-state index in [9.17, 15) is 9.59 Å². The van der Waals surface area contributed by atoms with E-state index in [-0.39, 0.29) is 35.8 Å². The fraction of sp³-hybridized carbons (Fsp3) is 0.433. The lowest BCUT2D eigenvalue weighted by Crippen LogP contribution is -2.56. The summed E-state index contributed by atoms with van der Waals surface area (Å²) < 4.78 is 7.81. The number of ketones is 1. The van der Waals surface area contributed by atoms with Gasteiger partial charge in [-0.15, -0.1) is 0 Å². The second kappa shape index (κ2) is 8.91. The molecule has 0 spiro atoms.